The summed E-state index contributed by atoms with van der Waals surface area (Å²) in [6, 6.07) is 11.2. The van der Waals surface area contributed by atoms with Crippen LogP contribution in [0.2, 0.25) is 0 Å². The lowest BCUT2D eigenvalue weighted by Crippen LogP contribution is -1.97. The van der Waals surface area contributed by atoms with Crippen LogP contribution in [0.4, 0.5) is 0 Å². The highest BCUT2D eigenvalue weighted by Crippen LogP contribution is 2.15. The monoisotopic (exact) mass is 214 g/mol. The number of thiophene rings is 1. The molecule has 0 fully saturated rings. The van der Waals surface area contributed by atoms with E-state index >= 15 is 0 Å². The summed E-state index contributed by atoms with van der Waals surface area (Å²) in [5, 5.41) is 1.91. The number of carbonyl (C=O) groups is 1. The van der Waals surface area contributed by atoms with Crippen molar-refractivity contribution in [3.63, 3.8) is 0 Å². The normalized spacial score (nSPS) is 9.87. The van der Waals surface area contributed by atoms with Gasteiger partial charge in [0.05, 0.1) is 4.88 Å². The van der Waals surface area contributed by atoms with E-state index in [-0.39, 0.29) is 5.78 Å². The molecule has 0 amide bonds. The van der Waals surface area contributed by atoms with E-state index in [1.165, 1.54) is 11.3 Å². The Hall–Kier alpha value is -1.67. The highest BCUT2D eigenvalue weighted by atomic mass is 32.1. The molecule has 74 valence electrons. The predicted octanol–water partition coefficient (Wildman–Crippen LogP) is 3.62. The average Bonchev–Trinajstić information content (AvgIpc) is 2.82. The second kappa shape index (κ2) is 4.24. The van der Waals surface area contributed by atoms with Crippen molar-refractivity contribution in [2.24, 2.45) is 0 Å². The predicted molar refractivity (Wildman–Crippen MR) is 64.3 cm³/mol. The van der Waals surface area contributed by atoms with Gasteiger partial charge in [0, 0.05) is 5.56 Å². The molecule has 0 aliphatic carbocycles. The molecule has 0 atom stereocenters. The van der Waals surface area contributed by atoms with Crippen molar-refractivity contribution in [1.29, 1.82) is 0 Å². The molecule has 0 saturated carbocycles. The van der Waals surface area contributed by atoms with Crippen molar-refractivity contribution in [2.75, 3.05) is 0 Å². The maximum Gasteiger partial charge on any atom is 0.202 e. The Bertz CT molecular complexity index is 466. The molecule has 0 saturated heterocycles. The topological polar surface area (TPSA) is 17.1 Å². The minimum Gasteiger partial charge on any atom is -0.288 e. The van der Waals surface area contributed by atoms with Crippen molar-refractivity contribution in [3.05, 3.63) is 64.4 Å². The van der Waals surface area contributed by atoms with Crippen molar-refractivity contribution in [1.82, 2.24) is 0 Å². The lowest BCUT2D eigenvalue weighted by atomic mass is 10.1. The van der Waals surface area contributed by atoms with E-state index in [9.17, 15) is 4.79 Å². The summed E-state index contributed by atoms with van der Waals surface area (Å²) in [4.78, 5) is 12.7. The van der Waals surface area contributed by atoms with Crippen LogP contribution in [-0.4, -0.2) is 5.78 Å². The summed E-state index contributed by atoms with van der Waals surface area (Å²) in [6.07, 6.45) is 1.76. The SMILES string of the molecule is C=Cc1ccc(C(=O)c2cccs2)cc1. The Labute approximate surface area is 92.7 Å². The Morgan fingerprint density at radius 2 is 1.93 bits per heavy atom. The number of carbonyl (C=O) groups excluding carboxylic acids is 1. The fraction of sp³-hybridized carbons (Fsp3) is 0. The van der Waals surface area contributed by atoms with Crippen LogP contribution in [-0.2, 0) is 0 Å². The van der Waals surface area contributed by atoms with Gasteiger partial charge in [-0.3, -0.25) is 4.79 Å². The van der Waals surface area contributed by atoms with E-state index in [1.54, 1.807) is 6.08 Å². The maximum absolute atomic E-state index is 11.9. The minimum atomic E-state index is 0.0839. The van der Waals surface area contributed by atoms with Gasteiger partial charge in [0.2, 0.25) is 5.78 Å². The molecule has 0 aliphatic rings. The number of ketones is 1. The lowest BCUT2D eigenvalue weighted by molar-refractivity contribution is 0.104. The highest BCUT2D eigenvalue weighted by molar-refractivity contribution is 7.12. The first-order chi connectivity index (χ1) is 7.31. The largest absolute Gasteiger partial charge is 0.288 e. The fourth-order valence-electron chi connectivity index (χ4n) is 1.32. The molecular formula is C13H10OS. The Morgan fingerprint density at radius 3 is 2.47 bits per heavy atom. The Morgan fingerprint density at radius 1 is 1.20 bits per heavy atom. The molecular weight excluding hydrogens is 204 g/mol. The standard InChI is InChI=1S/C13H10OS/c1-2-10-5-7-11(8-6-10)13(14)12-4-3-9-15-12/h2-9H,1H2. The third-order valence-electron chi connectivity index (χ3n) is 2.15. The van der Waals surface area contributed by atoms with E-state index in [0.29, 0.717) is 0 Å². The zero-order valence-corrected chi connectivity index (χ0v) is 8.96. The molecule has 2 heteroatoms. The van der Waals surface area contributed by atoms with Gasteiger partial charge in [0.25, 0.3) is 0 Å². The summed E-state index contributed by atoms with van der Waals surface area (Å²) in [7, 11) is 0. The lowest BCUT2D eigenvalue weighted by Gasteiger charge is -1.98. The van der Waals surface area contributed by atoms with Crippen LogP contribution in [0.15, 0.2) is 48.4 Å². The van der Waals surface area contributed by atoms with Gasteiger partial charge in [-0.25, -0.2) is 0 Å². The Balaban J connectivity index is 2.30. The van der Waals surface area contributed by atoms with Crippen LogP contribution in [0.25, 0.3) is 6.08 Å². The first-order valence-corrected chi connectivity index (χ1v) is 5.50. The second-order valence-corrected chi connectivity index (χ2v) is 4.08. The van der Waals surface area contributed by atoms with Crippen molar-refractivity contribution in [3.8, 4) is 0 Å². The average molecular weight is 214 g/mol. The summed E-state index contributed by atoms with van der Waals surface area (Å²) in [5.74, 6) is 0.0839. The Kier molecular flexibility index (Phi) is 2.79. The van der Waals surface area contributed by atoms with Crippen molar-refractivity contribution < 1.29 is 4.79 Å². The van der Waals surface area contributed by atoms with Crippen LogP contribution in [0.5, 0.6) is 0 Å². The minimum absolute atomic E-state index is 0.0839. The van der Waals surface area contributed by atoms with Crippen LogP contribution in [0.1, 0.15) is 20.8 Å². The first-order valence-electron chi connectivity index (χ1n) is 4.62. The second-order valence-electron chi connectivity index (χ2n) is 3.13. The van der Waals surface area contributed by atoms with Gasteiger partial charge in [-0.1, -0.05) is 43.0 Å². The molecule has 2 rings (SSSR count). The van der Waals surface area contributed by atoms with Gasteiger partial charge in [-0.2, -0.15) is 0 Å². The first kappa shape index (κ1) is 9.87. The van der Waals surface area contributed by atoms with E-state index in [0.717, 1.165) is 16.0 Å². The van der Waals surface area contributed by atoms with E-state index in [4.69, 9.17) is 0 Å². The summed E-state index contributed by atoms with van der Waals surface area (Å²) >= 11 is 1.47. The van der Waals surface area contributed by atoms with Crippen LogP contribution in [0, 0.1) is 0 Å². The van der Waals surface area contributed by atoms with Gasteiger partial charge >= 0.3 is 0 Å². The van der Waals surface area contributed by atoms with E-state index in [2.05, 4.69) is 6.58 Å². The summed E-state index contributed by atoms with van der Waals surface area (Å²) < 4.78 is 0. The maximum atomic E-state index is 11.9. The zero-order valence-electron chi connectivity index (χ0n) is 8.14. The molecule has 2 aromatic rings. The van der Waals surface area contributed by atoms with Crippen molar-refractivity contribution >= 4 is 23.2 Å². The molecule has 1 nitrogen and oxygen atoms in total. The molecule has 15 heavy (non-hydrogen) atoms. The van der Waals surface area contributed by atoms with Gasteiger partial charge < -0.3 is 0 Å². The molecule has 0 unspecified atom stereocenters. The molecule has 0 aliphatic heterocycles. The number of benzene rings is 1. The summed E-state index contributed by atoms with van der Waals surface area (Å²) in [6.45, 7) is 3.67. The molecule has 1 heterocycles. The molecule has 0 N–H and O–H groups in total. The highest BCUT2D eigenvalue weighted by Gasteiger charge is 2.08. The van der Waals surface area contributed by atoms with E-state index < -0.39 is 0 Å². The van der Waals surface area contributed by atoms with Crippen molar-refractivity contribution in [2.45, 2.75) is 0 Å². The summed E-state index contributed by atoms with van der Waals surface area (Å²) in [5.41, 5.74) is 1.75. The third kappa shape index (κ3) is 2.05. The fourth-order valence-corrected chi connectivity index (χ4v) is 2.01. The van der Waals surface area contributed by atoms with Gasteiger partial charge in [0.1, 0.15) is 0 Å². The van der Waals surface area contributed by atoms with Gasteiger partial charge in [-0.05, 0) is 17.0 Å². The smallest absolute Gasteiger partial charge is 0.202 e. The molecule has 0 spiro atoms. The van der Waals surface area contributed by atoms with E-state index in [1.807, 2.05) is 41.8 Å². The quantitative estimate of drug-likeness (QED) is 0.713. The van der Waals surface area contributed by atoms with Gasteiger partial charge in [-0.15, -0.1) is 11.3 Å². The van der Waals surface area contributed by atoms with Crippen LogP contribution >= 0.6 is 11.3 Å². The molecule has 0 bridgehead atoms. The molecule has 0 radical (unpaired) electrons. The van der Waals surface area contributed by atoms with Crippen LogP contribution < -0.4 is 0 Å². The molecule has 1 aromatic carbocycles. The third-order valence-corrected chi connectivity index (χ3v) is 3.02. The number of hydrogen-bond acceptors (Lipinski definition) is 2. The molecule has 1 aromatic heterocycles. The zero-order chi connectivity index (χ0) is 10.7. The number of hydrogen-bond donors (Lipinski definition) is 0. The number of rotatable bonds is 3. The van der Waals surface area contributed by atoms with Crippen LogP contribution in [0.3, 0.4) is 0 Å². The van der Waals surface area contributed by atoms with Gasteiger partial charge in [0.15, 0.2) is 0 Å².